The molecule has 306 valence electrons. The van der Waals surface area contributed by atoms with E-state index in [1.807, 2.05) is 28.7 Å². The molecule has 0 radical (unpaired) electrons. The zero-order valence-corrected chi connectivity index (χ0v) is 35.5. The van der Waals surface area contributed by atoms with Crippen molar-refractivity contribution in [1.29, 1.82) is 0 Å². The summed E-state index contributed by atoms with van der Waals surface area (Å²) in [7, 11) is 0. The number of pyridine rings is 1. The van der Waals surface area contributed by atoms with E-state index in [9.17, 15) is 4.79 Å². The Labute approximate surface area is 376 Å². The van der Waals surface area contributed by atoms with Gasteiger partial charge < -0.3 is 13.7 Å². The Kier molecular flexibility index (Phi) is 7.03. The largest absolute Gasteiger partial charge is 0.309 e. The molecule has 15 aromatic rings. The number of para-hydroxylation sites is 6. The molecule has 0 amide bonds. The Morgan fingerprint density at radius 1 is 0.242 bits per heavy atom. The molecule has 5 nitrogen and oxygen atoms in total. The maximum atomic E-state index is 14.3. The van der Waals surface area contributed by atoms with E-state index in [0.29, 0.717) is 0 Å². The standard InChI is InChI=1S/C61H36N4O/c66-61-48-30-27-37(32-49(48)47-22-13-21-46-42-18-7-12-25-55(42)65(61)60(46)47)38-26-29-45-50-34-41(28-31-56(50)63(57(45)33-38)40-16-5-2-6-17-40)64-54-24-11-9-20-44(54)52-35-51-43-19-8-10-23-53(43)62(58(51)36-59(52)64)39-14-3-1-4-15-39/h1-36H. The molecule has 0 saturated carbocycles. The minimum atomic E-state index is 0.0168. The lowest BCUT2D eigenvalue weighted by molar-refractivity contribution is 1.16. The number of fused-ring (bicyclic) bond motifs is 14. The van der Waals surface area contributed by atoms with Gasteiger partial charge in [-0.05, 0) is 108 Å². The van der Waals surface area contributed by atoms with E-state index >= 15 is 0 Å². The molecule has 0 bridgehead atoms. The number of benzene rings is 10. The van der Waals surface area contributed by atoms with Crippen molar-refractivity contribution < 1.29 is 0 Å². The van der Waals surface area contributed by atoms with Crippen molar-refractivity contribution in [3.05, 3.63) is 229 Å². The maximum Gasteiger partial charge on any atom is 0.263 e. The average molecular weight is 841 g/mol. The highest BCUT2D eigenvalue weighted by atomic mass is 16.1. The van der Waals surface area contributed by atoms with Crippen LogP contribution < -0.4 is 5.56 Å². The van der Waals surface area contributed by atoms with Gasteiger partial charge in [-0.3, -0.25) is 9.20 Å². The molecule has 0 aliphatic heterocycles. The summed E-state index contributed by atoms with van der Waals surface area (Å²) in [6.07, 6.45) is 0. The molecule has 5 heteroatoms. The molecule has 0 aliphatic rings. The monoisotopic (exact) mass is 840 g/mol. The van der Waals surface area contributed by atoms with E-state index in [4.69, 9.17) is 0 Å². The van der Waals surface area contributed by atoms with Crippen LogP contribution >= 0.6 is 0 Å². The van der Waals surface area contributed by atoms with Crippen LogP contribution in [0.4, 0.5) is 0 Å². The highest BCUT2D eigenvalue weighted by Crippen LogP contribution is 2.42. The first kappa shape index (κ1) is 35.5. The van der Waals surface area contributed by atoms with Gasteiger partial charge in [0.1, 0.15) is 0 Å². The van der Waals surface area contributed by atoms with Crippen molar-refractivity contribution in [2.24, 2.45) is 0 Å². The lowest BCUT2D eigenvalue weighted by Crippen LogP contribution is -2.12. The molecule has 0 saturated heterocycles. The summed E-state index contributed by atoms with van der Waals surface area (Å²) in [6, 6.07) is 78.5. The third-order valence-corrected chi connectivity index (χ3v) is 14.3. The second kappa shape index (κ2) is 13.1. The molecular formula is C61H36N4O. The van der Waals surface area contributed by atoms with Gasteiger partial charge in [-0.1, -0.05) is 127 Å². The van der Waals surface area contributed by atoms with E-state index in [-0.39, 0.29) is 5.56 Å². The quantitative estimate of drug-likeness (QED) is 0.163. The Morgan fingerprint density at radius 2 is 0.697 bits per heavy atom. The van der Waals surface area contributed by atoms with Crippen LogP contribution in [0.15, 0.2) is 223 Å². The fourth-order valence-corrected chi connectivity index (χ4v) is 11.4. The van der Waals surface area contributed by atoms with Gasteiger partial charge in [0.05, 0.1) is 44.1 Å². The van der Waals surface area contributed by atoms with Crippen molar-refractivity contribution in [1.82, 2.24) is 18.1 Å². The first-order valence-electron chi connectivity index (χ1n) is 22.6. The van der Waals surface area contributed by atoms with E-state index < -0.39 is 0 Å². The van der Waals surface area contributed by atoms with Crippen molar-refractivity contribution in [3.63, 3.8) is 0 Å². The van der Waals surface area contributed by atoms with Gasteiger partial charge in [0, 0.05) is 70.9 Å². The summed E-state index contributed by atoms with van der Waals surface area (Å²) >= 11 is 0. The van der Waals surface area contributed by atoms with E-state index in [2.05, 4.69) is 208 Å². The molecule has 0 fully saturated rings. The molecule has 5 heterocycles. The van der Waals surface area contributed by atoms with Crippen molar-refractivity contribution in [3.8, 4) is 28.2 Å². The predicted molar refractivity (Wildman–Crippen MR) is 276 cm³/mol. The smallest absolute Gasteiger partial charge is 0.263 e. The summed E-state index contributed by atoms with van der Waals surface area (Å²) in [6.45, 7) is 0. The Balaban J connectivity index is 0.964. The van der Waals surface area contributed by atoms with Crippen LogP contribution in [0, 0.1) is 0 Å². The van der Waals surface area contributed by atoms with Gasteiger partial charge >= 0.3 is 0 Å². The van der Waals surface area contributed by atoms with Crippen molar-refractivity contribution >= 4 is 103 Å². The number of hydrogen-bond donors (Lipinski definition) is 0. The summed E-state index contributed by atoms with van der Waals surface area (Å²) in [5.41, 5.74) is 14.4. The van der Waals surface area contributed by atoms with Gasteiger partial charge in [0.2, 0.25) is 0 Å². The van der Waals surface area contributed by atoms with Crippen LogP contribution in [0.1, 0.15) is 0 Å². The summed E-state index contributed by atoms with van der Waals surface area (Å²) in [5.74, 6) is 0. The summed E-state index contributed by atoms with van der Waals surface area (Å²) in [4.78, 5) is 14.3. The van der Waals surface area contributed by atoms with Gasteiger partial charge in [-0.15, -0.1) is 0 Å². The maximum absolute atomic E-state index is 14.3. The van der Waals surface area contributed by atoms with E-state index in [0.717, 1.165) is 77.2 Å². The number of rotatable bonds is 4. The molecule has 0 unspecified atom stereocenters. The predicted octanol–water partition coefficient (Wildman–Crippen LogP) is 15.2. The topological polar surface area (TPSA) is 36.3 Å². The fraction of sp³-hybridized carbons (Fsp3) is 0. The first-order chi connectivity index (χ1) is 32.7. The normalized spacial score (nSPS) is 12.3. The fourth-order valence-electron chi connectivity index (χ4n) is 11.4. The third-order valence-electron chi connectivity index (χ3n) is 14.3. The molecule has 15 rings (SSSR count). The van der Waals surface area contributed by atoms with Crippen LogP contribution in [-0.4, -0.2) is 18.1 Å². The van der Waals surface area contributed by atoms with Crippen LogP contribution in [0.25, 0.3) is 132 Å². The number of nitrogens with zero attached hydrogens (tertiary/aromatic N) is 4. The van der Waals surface area contributed by atoms with Crippen LogP contribution in [0.3, 0.4) is 0 Å². The molecule has 10 aromatic carbocycles. The minimum Gasteiger partial charge on any atom is -0.309 e. The van der Waals surface area contributed by atoms with Crippen molar-refractivity contribution in [2.75, 3.05) is 0 Å². The molecule has 0 aliphatic carbocycles. The highest BCUT2D eigenvalue weighted by molar-refractivity contribution is 6.22. The molecule has 0 atom stereocenters. The van der Waals surface area contributed by atoms with Gasteiger partial charge in [-0.25, -0.2) is 0 Å². The lowest BCUT2D eigenvalue weighted by Gasteiger charge is -2.11. The van der Waals surface area contributed by atoms with Crippen LogP contribution in [-0.2, 0) is 0 Å². The molecule has 0 spiro atoms. The SMILES string of the molecule is O=c1c2ccc(-c3ccc4c5cc(-n6c7ccccc7c7cc8c9ccccc9n(-c9ccccc9)c8cc76)ccc5n(-c5ccccc5)c4c3)cc2c2cccc3c4ccccc4n1c23. The second-order valence-electron chi connectivity index (χ2n) is 17.7. The molecule has 5 aromatic heterocycles. The Hall–Kier alpha value is -8.93. The van der Waals surface area contributed by atoms with Crippen molar-refractivity contribution in [2.45, 2.75) is 0 Å². The first-order valence-corrected chi connectivity index (χ1v) is 22.6. The number of aromatic nitrogens is 4. The van der Waals surface area contributed by atoms with Gasteiger partial charge in [-0.2, -0.15) is 0 Å². The minimum absolute atomic E-state index is 0.0168. The molecule has 0 N–H and O–H groups in total. The Bertz CT molecular complexity index is 4590. The van der Waals surface area contributed by atoms with Gasteiger partial charge in [0.15, 0.2) is 0 Å². The molecule has 66 heavy (non-hydrogen) atoms. The zero-order valence-electron chi connectivity index (χ0n) is 35.5. The second-order valence-corrected chi connectivity index (χ2v) is 17.7. The summed E-state index contributed by atoms with van der Waals surface area (Å²) < 4.78 is 9.16. The van der Waals surface area contributed by atoms with Crippen LogP contribution in [0.5, 0.6) is 0 Å². The van der Waals surface area contributed by atoms with E-state index in [1.165, 1.54) is 54.4 Å². The average Bonchev–Trinajstić information content (AvgIpc) is 4.10. The highest BCUT2D eigenvalue weighted by Gasteiger charge is 2.22. The van der Waals surface area contributed by atoms with Gasteiger partial charge in [0.25, 0.3) is 5.56 Å². The summed E-state index contributed by atoms with van der Waals surface area (Å²) in [5, 5.41) is 12.3. The third kappa shape index (κ3) is 4.70. The zero-order chi connectivity index (χ0) is 43.2. The lowest BCUT2D eigenvalue weighted by atomic mass is 9.98. The Morgan fingerprint density at radius 3 is 1.35 bits per heavy atom. The number of hydrogen-bond acceptors (Lipinski definition) is 1. The molecular weight excluding hydrogens is 805 g/mol. The van der Waals surface area contributed by atoms with Crippen LogP contribution in [0.2, 0.25) is 0 Å². The van der Waals surface area contributed by atoms with E-state index in [1.54, 1.807) is 0 Å².